The zero-order valence-electron chi connectivity index (χ0n) is 20.3. The molecule has 0 radical (unpaired) electrons. The van der Waals surface area contributed by atoms with E-state index in [1.54, 1.807) is 0 Å². The number of anilines is 2. The second-order valence-corrected chi connectivity index (χ2v) is 9.00. The third-order valence-corrected chi connectivity index (χ3v) is 6.50. The number of pyridine rings is 1. The predicted octanol–water partition coefficient (Wildman–Crippen LogP) is 5.31. The van der Waals surface area contributed by atoms with Gasteiger partial charge in [0, 0.05) is 44.6 Å². The van der Waals surface area contributed by atoms with Gasteiger partial charge in [0.15, 0.2) is 0 Å². The zero-order chi connectivity index (χ0) is 24.6. The maximum absolute atomic E-state index is 12.9. The average molecular weight is 478 g/mol. The summed E-state index contributed by atoms with van der Waals surface area (Å²) in [6.07, 6.45) is 1.85. The number of carbonyl (C=O) groups is 1. The molecule has 0 saturated carbocycles. The first-order chi connectivity index (χ1) is 17.7. The Kier molecular flexibility index (Phi) is 7.54. The second kappa shape index (κ2) is 11.5. The Labute approximate surface area is 212 Å². The minimum atomic E-state index is -0.230. The number of urea groups is 1. The van der Waals surface area contributed by atoms with Crippen molar-refractivity contribution < 1.29 is 4.79 Å². The third kappa shape index (κ3) is 6.09. The van der Waals surface area contributed by atoms with E-state index < -0.39 is 0 Å². The van der Waals surface area contributed by atoms with Crippen molar-refractivity contribution in [2.24, 2.45) is 0 Å². The monoisotopic (exact) mass is 477 g/mol. The first-order valence-electron chi connectivity index (χ1n) is 12.4. The smallest absolute Gasteiger partial charge is 0.319 e. The fourth-order valence-corrected chi connectivity index (χ4v) is 4.58. The topological polar surface area (TPSA) is 60.5 Å². The van der Waals surface area contributed by atoms with Gasteiger partial charge in [-0.2, -0.15) is 0 Å². The molecule has 2 amide bonds. The Morgan fingerprint density at radius 2 is 1.36 bits per heavy atom. The molecular formula is C30H31N5O. The van der Waals surface area contributed by atoms with Crippen LogP contribution in [0, 0.1) is 0 Å². The quantitative estimate of drug-likeness (QED) is 0.379. The summed E-state index contributed by atoms with van der Waals surface area (Å²) in [6, 6.07) is 33.8. The Morgan fingerprint density at radius 1 is 0.750 bits per heavy atom. The summed E-state index contributed by atoms with van der Waals surface area (Å²) in [5.41, 5.74) is 4.09. The molecule has 4 aromatic rings. The lowest BCUT2D eigenvalue weighted by atomic mass is 9.99. The summed E-state index contributed by atoms with van der Waals surface area (Å²) in [4.78, 5) is 22.1. The Bertz CT molecular complexity index is 1190. The van der Waals surface area contributed by atoms with E-state index in [4.69, 9.17) is 0 Å². The number of amides is 2. The molecule has 3 aromatic carbocycles. The Hall–Kier alpha value is -4.16. The lowest BCUT2D eigenvalue weighted by Crippen LogP contribution is -2.46. The van der Waals surface area contributed by atoms with Gasteiger partial charge < -0.3 is 15.5 Å². The minimum absolute atomic E-state index is 0.226. The van der Waals surface area contributed by atoms with Crippen LogP contribution in [0.3, 0.4) is 0 Å². The maximum Gasteiger partial charge on any atom is 0.319 e. The van der Waals surface area contributed by atoms with Gasteiger partial charge in [-0.05, 0) is 41.0 Å². The van der Waals surface area contributed by atoms with Crippen molar-refractivity contribution in [3.05, 3.63) is 126 Å². The Balaban J connectivity index is 1.15. The van der Waals surface area contributed by atoms with E-state index in [1.807, 2.05) is 91.1 Å². The molecule has 0 atom stereocenters. The highest BCUT2D eigenvalue weighted by atomic mass is 16.2. The van der Waals surface area contributed by atoms with Crippen LogP contribution in [0.2, 0.25) is 0 Å². The van der Waals surface area contributed by atoms with E-state index >= 15 is 0 Å². The number of hydrogen-bond acceptors (Lipinski definition) is 4. The number of hydrogen-bond donors (Lipinski definition) is 2. The average Bonchev–Trinajstić information content (AvgIpc) is 2.95. The van der Waals surface area contributed by atoms with Crippen LogP contribution in [0.25, 0.3) is 0 Å². The molecule has 0 unspecified atom stereocenters. The van der Waals surface area contributed by atoms with Gasteiger partial charge in [-0.25, -0.2) is 9.78 Å². The van der Waals surface area contributed by atoms with Gasteiger partial charge in [0.25, 0.3) is 0 Å². The number of piperazine rings is 1. The highest BCUT2D eigenvalue weighted by Gasteiger charge is 2.19. The van der Waals surface area contributed by atoms with Gasteiger partial charge in [0.2, 0.25) is 0 Å². The normalized spacial score (nSPS) is 14.0. The van der Waals surface area contributed by atoms with Gasteiger partial charge in [-0.15, -0.1) is 0 Å². The van der Waals surface area contributed by atoms with Gasteiger partial charge >= 0.3 is 6.03 Å². The largest absolute Gasteiger partial charge is 0.354 e. The van der Waals surface area contributed by atoms with Crippen molar-refractivity contribution in [3.63, 3.8) is 0 Å². The van der Waals surface area contributed by atoms with Crippen molar-refractivity contribution in [2.45, 2.75) is 12.6 Å². The van der Waals surface area contributed by atoms with Gasteiger partial charge in [0.05, 0.1) is 6.04 Å². The van der Waals surface area contributed by atoms with E-state index in [1.165, 1.54) is 5.56 Å². The fraction of sp³-hybridized carbons (Fsp3) is 0.200. The lowest BCUT2D eigenvalue weighted by molar-refractivity contribution is 0.249. The SMILES string of the molecule is O=C(Nc1ccc(CN2CCN(c3ccccn3)CC2)cc1)NC(c1ccccc1)c1ccccc1. The molecule has 1 aromatic heterocycles. The zero-order valence-corrected chi connectivity index (χ0v) is 20.3. The van der Waals surface area contributed by atoms with Crippen molar-refractivity contribution in [1.29, 1.82) is 0 Å². The Morgan fingerprint density at radius 3 is 1.94 bits per heavy atom. The molecular weight excluding hydrogens is 446 g/mol. The van der Waals surface area contributed by atoms with Crippen LogP contribution < -0.4 is 15.5 Å². The van der Waals surface area contributed by atoms with E-state index in [2.05, 4.69) is 43.6 Å². The number of benzene rings is 3. The standard InChI is InChI=1S/C30H31N5O/c36-30(33-29(25-9-3-1-4-10-25)26-11-5-2-6-12-26)32-27-16-14-24(15-17-27)23-34-19-21-35(22-20-34)28-13-7-8-18-31-28/h1-18,29H,19-23H2,(H2,32,33,36). The van der Waals surface area contributed by atoms with Crippen LogP contribution in [-0.2, 0) is 6.54 Å². The molecule has 2 N–H and O–H groups in total. The van der Waals surface area contributed by atoms with Gasteiger partial charge in [0.1, 0.15) is 5.82 Å². The van der Waals surface area contributed by atoms with Crippen molar-refractivity contribution >= 4 is 17.5 Å². The summed E-state index contributed by atoms with van der Waals surface area (Å²) in [5, 5.41) is 6.12. The van der Waals surface area contributed by atoms with Crippen LogP contribution in [0.4, 0.5) is 16.3 Å². The number of nitrogens with one attached hydrogen (secondary N) is 2. The first kappa shape index (κ1) is 23.6. The van der Waals surface area contributed by atoms with Crippen LogP contribution >= 0.6 is 0 Å². The molecule has 0 spiro atoms. The van der Waals surface area contributed by atoms with Crippen molar-refractivity contribution in [1.82, 2.24) is 15.2 Å². The van der Waals surface area contributed by atoms with E-state index in [-0.39, 0.29) is 12.1 Å². The van der Waals surface area contributed by atoms with Crippen molar-refractivity contribution in [2.75, 3.05) is 36.4 Å². The molecule has 2 heterocycles. The summed E-state index contributed by atoms with van der Waals surface area (Å²) in [5.74, 6) is 1.05. The lowest BCUT2D eigenvalue weighted by Gasteiger charge is -2.35. The molecule has 36 heavy (non-hydrogen) atoms. The summed E-state index contributed by atoms with van der Waals surface area (Å²) < 4.78 is 0. The fourth-order valence-electron chi connectivity index (χ4n) is 4.58. The molecule has 6 nitrogen and oxygen atoms in total. The van der Waals surface area contributed by atoms with Gasteiger partial charge in [-0.1, -0.05) is 78.9 Å². The molecule has 0 aliphatic carbocycles. The van der Waals surface area contributed by atoms with E-state index in [0.717, 1.165) is 55.4 Å². The number of rotatable bonds is 7. The number of carbonyl (C=O) groups excluding carboxylic acids is 1. The highest BCUT2D eigenvalue weighted by Crippen LogP contribution is 2.22. The van der Waals surface area contributed by atoms with E-state index in [9.17, 15) is 4.79 Å². The van der Waals surface area contributed by atoms with Crippen LogP contribution in [0.15, 0.2) is 109 Å². The predicted molar refractivity (Wildman–Crippen MR) is 145 cm³/mol. The van der Waals surface area contributed by atoms with Crippen molar-refractivity contribution in [3.8, 4) is 0 Å². The molecule has 6 heteroatoms. The first-order valence-corrected chi connectivity index (χ1v) is 12.4. The maximum atomic E-state index is 12.9. The summed E-state index contributed by atoms with van der Waals surface area (Å²) >= 11 is 0. The van der Waals surface area contributed by atoms with Crippen LogP contribution in [0.1, 0.15) is 22.7 Å². The molecule has 182 valence electrons. The second-order valence-electron chi connectivity index (χ2n) is 9.00. The molecule has 1 saturated heterocycles. The molecule has 1 aliphatic rings. The van der Waals surface area contributed by atoms with E-state index in [0.29, 0.717) is 0 Å². The van der Waals surface area contributed by atoms with Crippen LogP contribution in [-0.4, -0.2) is 42.1 Å². The van der Waals surface area contributed by atoms with Gasteiger partial charge in [-0.3, -0.25) is 4.90 Å². The highest BCUT2D eigenvalue weighted by molar-refractivity contribution is 5.89. The molecule has 1 fully saturated rings. The molecule has 1 aliphatic heterocycles. The van der Waals surface area contributed by atoms with Crippen LogP contribution in [0.5, 0.6) is 0 Å². The molecule has 0 bridgehead atoms. The number of nitrogens with zero attached hydrogens (tertiary/aromatic N) is 3. The minimum Gasteiger partial charge on any atom is -0.354 e. The summed E-state index contributed by atoms with van der Waals surface area (Å²) in [6.45, 7) is 4.84. The third-order valence-electron chi connectivity index (χ3n) is 6.50. The molecule has 5 rings (SSSR count). The number of aromatic nitrogens is 1. The summed E-state index contributed by atoms with van der Waals surface area (Å²) in [7, 11) is 0.